The number of morpholine rings is 2. The number of likely N-dealkylation sites (tertiary alicyclic amines) is 2. The van der Waals surface area contributed by atoms with E-state index in [9.17, 15) is 9.59 Å². The van der Waals surface area contributed by atoms with Crippen LogP contribution in [-0.4, -0.2) is 134 Å². The Morgan fingerprint density at radius 3 is 1.00 bits per heavy atom. The summed E-state index contributed by atoms with van der Waals surface area (Å²) in [5.74, 6) is 1.01. The molecule has 4 saturated heterocycles. The van der Waals surface area contributed by atoms with Crippen molar-refractivity contribution >= 4 is 36.6 Å². The summed E-state index contributed by atoms with van der Waals surface area (Å²) in [6.07, 6.45) is 2.01. The average Bonchev–Trinajstić information content (AvgIpc) is 3.74. The van der Waals surface area contributed by atoms with E-state index in [1.54, 1.807) is 0 Å². The first kappa shape index (κ1) is 50.5. The minimum atomic E-state index is -0.592. The molecule has 0 bridgehead atoms. The van der Waals surface area contributed by atoms with Gasteiger partial charge in [0, 0.05) is 64.2 Å². The number of carbonyl (C=O) groups is 2. The third-order valence-electron chi connectivity index (χ3n) is 12.8. The number of halogens is 2. The zero-order chi connectivity index (χ0) is 38.8. The number of hydrogen-bond acceptors (Lipinski definition) is 6. The molecule has 0 aromatic heterocycles. The van der Waals surface area contributed by atoms with Gasteiger partial charge in [-0.05, 0) is 62.0 Å². The highest BCUT2D eigenvalue weighted by Crippen LogP contribution is 2.48. The highest BCUT2D eigenvalue weighted by molar-refractivity contribution is 5.95. The fourth-order valence-electron chi connectivity index (χ4n) is 9.88. The van der Waals surface area contributed by atoms with Crippen molar-refractivity contribution in [3.63, 3.8) is 0 Å². The zero-order valence-corrected chi connectivity index (χ0v) is 36.9. The highest BCUT2D eigenvalue weighted by atomic mass is 35.5. The molecule has 60 heavy (non-hydrogen) atoms. The number of carbonyl (C=O) groups excluding carboxylic acids is 2. The Balaban J connectivity index is 0.000000300. The van der Waals surface area contributed by atoms with Crippen LogP contribution in [0.25, 0.3) is 0 Å². The van der Waals surface area contributed by atoms with Crippen LogP contribution in [0.4, 0.5) is 0 Å². The van der Waals surface area contributed by atoms with Gasteiger partial charge in [0.05, 0.1) is 26.4 Å². The maximum Gasteiger partial charge on any atom is 0.238 e. The van der Waals surface area contributed by atoms with Crippen LogP contribution < -0.4 is 0 Å². The fourth-order valence-corrected chi connectivity index (χ4v) is 9.88. The van der Waals surface area contributed by atoms with Crippen LogP contribution >= 0.6 is 24.8 Å². The molecule has 0 spiro atoms. The van der Waals surface area contributed by atoms with E-state index in [1.807, 2.05) is 34.1 Å². The van der Waals surface area contributed by atoms with Gasteiger partial charge in [0.2, 0.25) is 11.8 Å². The van der Waals surface area contributed by atoms with Crippen molar-refractivity contribution in [3.05, 3.63) is 144 Å². The Morgan fingerprint density at radius 2 is 0.750 bits per heavy atom. The van der Waals surface area contributed by atoms with Crippen LogP contribution in [0.2, 0.25) is 0 Å². The second-order valence-electron chi connectivity index (χ2n) is 15.6. The number of likely N-dealkylation sites (N-methyl/N-ethyl adjacent to an activating group) is 2. The molecular weight excluding hydrogens is 799 g/mol. The van der Waals surface area contributed by atoms with Gasteiger partial charge in [-0.3, -0.25) is 19.4 Å². The molecule has 0 radical (unpaired) electrons. The molecule has 10 nitrogen and oxygen atoms in total. The van der Waals surface area contributed by atoms with E-state index >= 15 is 0 Å². The van der Waals surface area contributed by atoms with E-state index in [-0.39, 0.29) is 59.4 Å². The molecular formula is C48H66Cl2N4O6. The fraction of sp³-hybridized carbons (Fsp3) is 0.458. The summed E-state index contributed by atoms with van der Waals surface area (Å²) >= 11 is 0. The van der Waals surface area contributed by atoms with Gasteiger partial charge < -0.3 is 30.2 Å². The lowest BCUT2D eigenvalue weighted by Crippen LogP contribution is -2.43. The molecule has 4 heterocycles. The van der Waals surface area contributed by atoms with E-state index in [0.717, 1.165) is 127 Å². The number of rotatable bonds is 12. The molecule has 0 aliphatic carbocycles. The number of nitrogens with zero attached hydrogens (tertiary/aromatic N) is 4. The lowest BCUT2D eigenvalue weighted by Gasteiger charge is -2.36. The summed E-state index contributed by atoms with van der Waals surface area (Å²) in [6, 6.07) is 41.6. The first-order valence-electron chi connectivity index (χ1n) is 20.9. The van der Waals surface area contributed by atoms with Crippen molar-refractivity contribution in [2.24, 2.45) is 11.8 Å². The van der Waals surface area contributed by atoms with E-state index < -0.39 is 10.8 Å². The lowest BCUT2D eigenvalue weighted by atomic mass is 9.66. The minimum Gasteiger partial charge on any atom is -0.412 e. The Morgan fingerprint density at radius 1 is 0.483 bits per heavy atom. The molecule has 8 rings (SSSR count). The van der Waals surface area contributed by atoms with E-state index in [1.165, 1.54) is 0 Å². The smallest absolute Gasteiger partial charge is 0.238 e. The minimum absolute atomic E-state index is 0. The first-order valence-corrected chi connectivity index (χ1v) is 20.9. The normalized spacial score (nSPS) is 21.0. The van der Waals surface area contributed by atoms with Crippen LogP contribution in [0.15, 0.2) is 121 Å². The van der Waals surface area contributed by atoms with Gasteiger partial charge >= 0.3 is 0 Å². The van der Waals surface area contributed by atoms with Gasteiger partial charge in [0.15, 0.2) is 0 Å². The van der Waals surface area contributed by atoms with E-state index in [4.69, 9.17) is 9.47 Å². The van der Waals surface area contributed by atoms with Gasteiger partial charge in [-0.1, -0.05) is 121 Å². The summed E-state index contributed by atoms with van der Waals surface area (Å²) in [6.45, 7) is 16.6. The third-order valence-corrected chi connectivity index (χ3v) is 12.8. The number of ether oxygens (including phenoxy) is 2. The lowest BCUT2D eigenvalue weighted by molar-refractivity contribution is -0.132. The second kappa shape index (κ2) is 24.0. The topological polar surface area (TPSA) is 129 Å². The van der Waals surface area contributed by atoms with Crippen LogP contribution in [0.5, 0.6) is 0 Å². The van der Waals surface area contributed by atoms with Gasteiger partial charge in [-0.15, -0.1) is 24.8 Å². The van der Waals surface area contributed by atoms with Crippen LogP contribution in [0.3, 0.4) is 0 Å². The van der Waals surface area contributed by atoms with E-state index in [2.05, 4.69) is 121 Å². The number of benzene rings is 4. The van der Waals surface area contributed by atoms with Crippen molar-refractivity contribution in [2.75, 3.05) is 91.9 Å². The monoisotopic (exact) mass is 864 g/mol. The maximum atomic E-state index is 13.8. The SMILES string of the molecule is CCN1C[C@H](CCN2CCOCC2)C(c2ccccc2)(c2ccccc2)C1=O.CCN1C[C@H](CCN2CCOCC2)C(c2ccccc2)(c2ccccc2)C1=O.Cl.Cl.O.O. The quantitative estimate of drug-likeness (QED) is 0.184. The van der Waals surface area contributed by atoms with Gasteiger partial charge in [0.1, 0.15) is 10.8 Å². The molecule has 4 aromatic carbocycles. The molecule has 0 saturated carbocycles. The highest BCUT2D eigenvalue weighted by Gasteiger charge is 2.56. The Kier molecular flexibility index (Phi) is 20.2. The summed E-state index contributed by atoms with van der Waals surface area (Å²) in [5.41, 5.74) is 3.29. The van der Waals surface area contributed by atoms with Crippen molar-refractivity contribution < 1.29 is 30.0 Å². The molecule has 4 aliphatic heterocycles. The Labute approximate surface area is 369 Å². The molecule has 12 heteroatoms. The van der Waals surface area contributed by atoms with Gasteiger partial charge in [-0.25, -0.2) is 0 Å². The van der Waals surface area contributed by atoms with Gasteiger partial charge in [-0.2, -0.15) is 0 Å². The Hall–Kier alpha value is -3.84. The van der Waals surface area contributed by atoms with Crippen molar-refractivity contribution in [1.82, 2.24) is 19.6 Å². The summed E-state index contributed by atoms with van der Waals surface area (Å²) in [5, 5.41) is 0. The second-order valence-corrected chi connectivity index (χ2v) is 15.6. The van der Waals surface area contributed by atoms with Crippen LogP contribution in [0.1, 0.15) is 48.9 Å². The number of hydrogen-bond donors (Lipinski definition) is 0. The molecule has 0 unspecified atom stereocenters. The summed E-state index contributed by atoms with van der Waals surface area (Å²) in [7, 11) is 0. The van der Waals surface area contributed by atoms with E-state index in [0.29, 0.717) is 0 Å². The Bertz CT molecular complexity index is 1620. The largest absolute Gasteiger partial charge is 0.412 e. The van der Waals surface area contributed by atoms with Crippen molar-refractivity contribution in [3.8, 4) is 0 Å². The number of amides is 2. The molecule has 2 amide bonds. The molecule has 4 N–H and O–H groups in total. The molecule has 4 aliphatic rings. The van der Waals surface area contributed by atoms with Crippen molar-refractivity contribution in [2.45, 2.75) is 37.5 Å². The first-order chi connectivity index (χ1) is 27.5. The predicted molar refractivity (Wildman–Crippen MR) is 244 cm³/mol. The average molecular weight is 866 g/mol. The maximum absolute atomic E-state index is 13.8. The predicted octanol–water partition coefficient (Wildman–Crippen LogP) is 5.54. The molecule has 328 valence electrons. The zero-order valence-electron chi connectivity index (χ0n) is 35.3. The standard InChI is InChI=1S/2C24H30N2O2.2ClH.2H2O/c2*1-2-26-19-22(13-14-25-15-17-28-18-16-25)24(23(26)27,20-9-5-3-6-10-20)21-11-7-4-8-12-21;;;;/h2*3-12,22H,2,13-19H2,1H3;2*1H;2*1H2/t2*22-;;;;/m00..../s1. The van der Waals surface area contributed by atoms with Crippen LogP contribution in [0, 0.1) is 11.8 Å². The molecule has 4 fully saturated rings. The summed E-state index contributed by atoms with van der Waals surface area (Å²) in [4.78, 5) is 36.7. The summed E-state index contributed by atoms with van der Waals surface area (Å²) < 4.78 is 11.0. The molecule has 4 aromatic rings. The van der Waals surface area contributed by atoms with Crippen molar-refractivity contribution in [1.29, 1.82) is 0 Å². The third kappa shape index (κ3) is 10.3. The van der Waals surface area contributed by atoms with Crippen LogP contribution in [-0.2, 0) is 29.9 Å². The van der Waals surface area contributed by atoms with Gasteiger partial charge in [0.25, 0.3) is 0 Å². The molecule has 2 atom stereocenters.